The molecule has 0 radical (unpaired) electrons. The first-order valence-electron chi connectivity index (χ1n) is 10.3. The van der Waals surface area contributed by atoms with Gasteiger partial charge in [-0.1, -0.05) is 42.0 Å². The predicted molar refractivity (Wildman–Crippen MR) is 126 cm³/mol. The minimum atomic E-state index is -4.46. The van der Waals surface area contributed by atoms with E-state index in [1.807, 2.05) is 0 Å². The van der Waals surface area contributed by atoms with Gasteiger partial charge in [-0.05, 0) is 60.5 Å². The van der Waals surface area contributed by atoms with Crippen molar-refractivity contribution in [3.05, 3.63) is 105 Å². The average molecular weight is 505 g/mol. The molecule has 0 unspecified atom stereocenters. The number of hydrogen-bond acceptors (Lipinski definition) is 3. The number of fused-ring (bicyclic) bond motifs is 1. The number of nitrogens with one attached hydrogen (secondary N) is 1. The van der Waals surface area contributed by atoms with Crippen LogP contribution in [0.4, 0.5) is 23.2 Å². The Balaban J connectivity index is 1.64. The molecule has 3 aromatic carbocycles. The lowest BCUT2D eigenvalue weighted by Gasteiger charge is -2.43. The summed E-state index contributed by atoms with van der Waals surface area (Å²) in [4.78, 5) is 2.11. The Morgan fingerprint density at radius 1 is 1.06 bits per heavy atom. The van der Waals surface area contributed by atoms with Gasteiger partial charge in [0.1, 0.15) is 22.7 Å². The van der Waals surface area contributed by atoms with E-state index in [0.717, 1.165) is 17.7 Å². The molecule has 0 aliphatic carbocycles. The topological polar surface area (TPSA) is 24.5 Å². The third kappa shape index (κ3) is 4.01. The van der Waals surface area contributed by atoms with E-state index in [0.29, 0.717) is 50.5 Å². The molecule has 3 aromatic rings. The van der Waals surface area contributed by atoms with Crippen LogP contribution in [0.3, 0.4) is 0 Å². The largest absolute Gasteiger partial charge is 0.440 e. The van der Waals surface area contributed by atoms with Gasteiger partial charge in [0.05, 0.1) is 11.1 Å². The molecule has 174 valence electrons. The summed E-state index contributed by atoms with van der Waals surface area (Å²) in [6, 6.07) is 14.8. The molecule has 0 bridgehead atoms. The van der Waals surface area contributed by atoms with Gasteiger partial charge < -0.3 is 10.1 Å². The number of thiocarbonyl (C=S) groups is 1. The zero-order chi connectivity index (χ0) is 24.2. The standard InChI is InChI=1S/C25H17ClF4N2OS/c1-13-2-8-18(12-20(13)27)32-22(14-3-5-16(6-4-14)25(28,29)30)31-23(34)19-11-15-10-17(26)7-9-21(15)33-24(19)32/h2-10,12,22H,11H2,1H3,(H,31,34)/t22-/m0/s1. The molecule has 2 heterocycles. The van der Waals surface area contributed by atoms with Crippen LogP contribution in [0.25, 0.3) is 0 Å². The quantitative estimate of drug-likeness (QED) is 0.297. The molecule has 0 fully saturated rings. The smallest absolute Gasteiger partial charge is 0.416 e. The third-order valence-corrected chi connectivity index (χ3v) is 6.46. The molecule has 1 N–H and O–H groups in total. The van der Waals surface area contributed by atoms with Crippen molar-refractivity contribution >= 4 is 34.5 Å². The minimum Gasteiger partial charge on any atom is -0.440 e. The van der Waals surface area contributed by atoms with Gasteiger partial charge in [-0.25, -0.2) is 4.39 Å². The average Bonchev–Trinajstić information content (AvgIpc) is 2.79. The van der Waals surface area contributed by atoms with E-state index in [9.17, 15) is 17.6 Å². The SMILES string of the molecule is Cc1ccc(N2C3=C(Cc4cc(Cl)ccc4O3)C(=S)N[C@@H]2c2ccc(C(F)(F)F)cc2)cc1F. The maximum absolute atomic E-state index is 14.6. The number of anilines is 1. The first-order chi connectivity index (χ1) is 16.1. The minimum absolute atomic E-state index is 0.395. The van der Waals surface area contributed by atoms with Crippen molar-refractivity contribution in [3.63, 3.8) is 0 Å². The van der Waals surface area contributed by atoms with Crippen LogP contribution in [0.2, 0.25) is 5.02 Å². The van der Waals surface area contributed by atoms with Gasteiger partial charge in [-0.2, -0.15) is 13.2 Å². The van der Waals surface area contributed by atoms with Crippen molar-refractivity contribution in [1.82, 2.24) is 5.32 Å². The van der Waals surface area contributed by atoms with Gasteiger partial charge in [0.25, 0.3) is 0 Å². The second-order valence-corrected chi connectivity index (χ2v) is 8.96. The first kappa shape index (κ1) is 22.7. The molecule has 5 rings (SSSR count). The van der Waals surface area contributed by atoms with Gasteiger partial charge in [-0.3, -0.25) is 4.90 Å². The van der Waals surface area contributed by atoms with Gasteiger partial charge in [0.15, 0.2) is 0 Å². The van der Waals surface area contributed by atoms with Crippen LogP contribution in [-0.2, 0) is 12.6 Å². The second kappa shape index (κ2) is 8.29. The van der Waals surface area contributed by atoms with E-state index in [2.05, 4.69) is 5.32 Å². The van der Waals surface area contributed by atoms with E-state index in [1.54, 1.807) is 42.2 Å². The van der Waals surface area contributed by atoms with Crippen molar-refractivity contribution in [2.75, 3.05) is 4.90 Å². The van der Waals surface area contributed by atoms with Crippen molar-refractivity contribution in [2.24, 2.45) is 0 Å². The summed E-state index contributed by atoms with van der Waals surface area (Å²) in [6.45, 7) is 1.65. The number of halogens is 5. The lowest BCUT2D eigenvalue weighted by atomic mass is 9.98. The summed E-state index contributed by atoms with van der Waals surface area (Å²) in [5.41, 5.74) is 2.20. The van der Waals surface area contributed by atoms with E-state index in [4.69, 9.17) is 28.6 Å². The summed E-state index contributed by atoms with van der Waals surface area (Å²) < 4.78 is 60.1. The Morgan fingerprint density at radius 3 is 2.47 bits per heavy atom. The Morgan fingerprint density at radius 2 is 1.79 bits per heavy atom. The van der Waals surface area contributed by atoms with Crippen LogP contribution in [0, 0.1) is 12.7 Å². The molecule has 1 atom stereocenters. The number of ether oxygens (including phenoxy) is 1. The molecule has 0 saturated carbocycles. The number of nitrogens with zero attached hydrogens (tertiary/aromatic N) is 1. The number of rotatable bonds is 2. The molecule has 3 nitrogen and oxygen atoms in total. The normalized spacial score (nSPS) is 17.6. The Kier molecular flexibility index (Phi) is 5.53. The molecule has 2 aliphatic rings. The highest BCUT2D eigenvalue weighted by atomic mass is 35.5. The number of aryl methyl sites for hydroxylation is 1. The van der Waals surface area contributed by atoms with Crippen molar-refractivity contribution in [1.29, 1.82) is 0 Å². The molecule has 34 heavy (non-hydrogen) atoms. The first-order valence-corrected chi connectivity index (χ1v) is 11.1. The maximum atomic E-state index is 14.6. The van der Waals surface area contributed by atoms with E-state index in [1.165, 1.54) is 18.2 Å². The third-order valence-electron chi connectivity index (χ3n) is 5.86. The zero-order valence-electron chi connectivity index (χ0n) is 17.7. The van der Waals surface area contributed by atoms with Crippen LogP contribution in [-0.4, -0.2) is 4.99 Å². The molecule has 0 saturated heterocycles. The summed E-state index contributed by atoms with van der Waals surface area (Å²) in [5.74, 6) is 0.560. The summed E-state index contributed by atoms with van der Waals surface area (Å²) >= 11 is 11.8. The van der Waals surface area contributed by atoms with Crippen molar-refractivity contribution in [2.45, 2.75) is 25.7 Å². The molecule has 0 amide bonds. The lowest BCUT2D eigenvalue weighted by molar-refractivity contribution is -0.137. The summed E-state index contributed by atoms with van der Waals surface area (Å²) in [7, 11) is 0. The fourth-order valence-electron chi connectivity index (χ4n) is 4.07. The highest BCUT2D eigenvalue weighted by Crippen LogP contribution is 2.42. The highest BCUT2D eigenvalue weighted by molar-refractivity contribution is 7.80. The molecule has 0 aromatic heterocycles. The van der Waals surface area contributed by atoms with Gasteiger partial charge >= 0.3 is 6.18 Å². The lowest BCUT2D eigenvalue weighted by Crippen LogP contribution is -2.49. The van der Waals surface area contributed by atoms with Gasteiger partial charge in [0, 0.05) is 22.7 Å². The Hall–Kier alpha value is -3.10. The molecule has 2 aliphatic heterocycles. The monoisotopic (exact) mass is 504 g/mol. The van der Waals surface area contributed by atoms with Crippen LogP contribution in [0.1, 0.15) is 28.4 Å². The summed E-state index contributed by atoms with van der Waals surface area (Å²) in [6.07, 6.45) is -4.74. The Labute approximate surface area is 203 Å². The van der Waals surface area contributed by atoms with E-state index >= 15 is 0 Å². The van der Waals surface area contributed by atoms with Gasteiger partial charge in [0.2, 0.25) is 5.88 Å². The molecule has 9 heteroatoms. The van der Waals surface area contributed by atoms with Crippen LogP contribution < -0.4 is 15.0 Å². The van der Waals surface area contributed by atoms with Crippen LogP contribution >= 0.6 is 23.8 Å². The molecular formula is C25H17ClF4N2OS. The second-order valence-electron chi connectivity index (χ2n) is 8.11. The van der Waals surface area contributed by atoms with E-state index in [-0.39, 0.29) is 0 Å². The van der Waals surface area contributed by atoms with Gasteiger partial charge in [-0.15, -0.1) is 0 Å². The van der Waals surface area contributed by atoms with Crippen molar-refractivity contribution < 1.29 is 22.3 Å². The Bertz CT molecular complexity index is 1340. The van der Waals surface area contributed by atoms with Crippen molar-refractivity contribution in [3.8, 4) is 5.75 Å². The summed E-state index contributed by atoms with van der Waals surface area (Å²) in [5, 5.41) is 3.76. The predicted octanol–water partition coefficient (Wildman–Crippen LogP) is 7.09. The van der Waals surface area contributed by atoms with E-state index < -0.39 is 23.7 Å². The number of benzene rings is 3. The fourth-order valence-corrected chi connectivity index (χ4v) is 4.53. The molecule has 0 spiro atoms. The maximum Gasteiger partial charge on any atom is 0.416 e. The fraction of sp³-hybridized carbons (Fsp3) is 0.160. The molecular weight excluding hydrogens is 488 g/mol. The highest BCUT2D eigenvalue weighted by Gasteiger charge is 2.38. The zero-order valence-corrected chi connectivity index (χ0v) is 19.3. The number of hydrogen-bond donors (Lipinski definition) is 1. The number of alkyl halides is 3. The van der Waals surface area contributed by atoms with Crippen LogP contribution in [0.15, 0.2) is 72.1 Å². The van der Waals surface area contributed by atoms with Crippen LogP contribution in [0.5, 0.6) is 5.75 Å².